The van der Waals surface area contributed by atoms with Crippen molar-refractivity contribution in [3.8, 4) is 11.4 Å². The van der Waals surface area contributed by atoms with E-state index in [-0.39, 0.29) is 9.79 Å². The van der Waals surface area contributed by atoms with Crippen molar-refractivity contribution in [1.29, 1.82) is 0 Å². The molecule has 1 aliphatic rings. The van der Waals surface area contributed by atoms with Crippen LogP contribution in [-0.2, 0) is 21.2 Å². The first-order chi connectivity index (χ1) is 17.9. The lowest BCUT2D eigenvalue weighted by atomic mass is 10.2. The molecule has 0 amide bonds. The maximum atomic E-state index is 13.1. The van der Waals surface area contributed by atoms with Gasteiger partial charge >= 0.3 is 0 Å². The highest BCUT2D eigenvalue weighted by Gasteiger charge is 2.20. The van der Waals surface area contributed by atoms with Gasteiger partial charge in [-0.05, 0) is 66.3 Å². The van der Waals surface area contributed by atoms with Crippen LogP contribution in [0.1, 0.15) is 5.56 Å². The summed E-state index contributed by atoms with van der Waals surface area (Å²) in [4.78, 5) is 2.56. The Bertz CT molecular complexity index is 1560. The number of sulfone groups is 1. The van der Waals surface area contributed by atoms with E-state index in [4.69, 9.17) is 33.7 Å². The Morgan fingerprint density at radius 1 is 0.946 bits per heavy atom. The number of hydrogen-bond donors (Lipinski definition) is 0. The van der Waals surface area contributed by atoms with Crippen molar-refractivity contribution < 1.29 is 13.2 Å². The van der Waals surface area contributed by atoms with Gasteiger partial charge in [-0.3, -0.25) is 4.90 Å². The molecule has 190 valence electrons. The van der Waals surface area contributed by atoms with Gasteiger partial charge in [0.25, 0.3) is 0 Å². The van der Waals surface area contributed by atoms with Crippen LogP contribution in [-0.4, -0.2) is 60.3 Å². The third kappa shape index (κ3) is 5.73. The van der Waals surface area contributed by atoms with Crippen LogP contribution in [0.25, 0.3) is 11.4 Å². The monoisotopic (exact) mass is 553 g/mol. The van der Waals surface area contributed by atoms with Crippen molar-refractivity contribution in [2.24, 2.45) is 5.10 Å². The zero-order valence-corrected chi connectivity index (χ0v) is 22.2. The first kappa shape index (κ1) is 25.5. The van der Waals surface area contributed by atoms with E-state index in [1.165, 1.54) is 12.1 Å². The molecule has 2 heterocycles. The summed E-state index contributed by atoms with van der Waals surface area (Å²) in [5.74, 6) is 0.515. The van der Waals surface area contributed by atoms with Crippen LogP contribution in [0.15, 0.2) is 93.8 Å². The maximum Gasteiger partial charge on any atom is 0.220 e. The van der Waals surface area contributed by atoms with E-state index < -0.39 is 9.84 Å². The van der Waals surface area contributed by atoms with E-state index in [1.54, 1.807) is 52.0 Å². The number of ether oxygens (including phenoxy) is 1. The zero-order chi connectivity index (χ0) is 25.8. The second-order valence-corrected chi connectivity index (χ2v) is 11.2. The highest BCUT2D eigenvalue weighted by molar-refractivity contribution is 7.91. The van der Waals surface area contributed by atoms with E-state index in [1.807, 2.05) is 30.3 Å². The smallest absolute Gasteiger partial charge is 0.220 e. The number of nitrogens with zero attached hydrogens (tertiary/aromatic N) is 5. The van der Waals surface area contributed by atoms with Gasteiger partial charge in [-0.25, -0.2) is 13.1 Å². The Kier molecular flexibility index (Phi) is 7.63. The van der Waals surface area contributed by atoms with E-state index in [0.717, 1.165) is 18.7 Å². The molecule has 8 nitrogen and oxygen atoms in total. The molecule has 4 aromatic rings. The summed E-state index contributed by atoms with van der Waals surface area (Å²) >= 11 is 11.7. The van der Waals surface area contributed by atoms with Gasteiger partial charge in [-0.15, -0.1) is 5.10 Å². The van der Waals surface area contributed by atoms with Gasteiger partial charge < -0.3 is 4.74 Å². The number of hydrogen-bond acceptors (Lipinski definition) is 7. The number of benzene rings is 3. The predicted molar refractivity (Wildman–Crippen MR) is 145 cm³/mol. The lowest BCUT2D eigenvalue weighted by molar-refractivity contribution is 0.0210. The summed E-state index contributed by atoms with van der Waals surface area (Å²) < 4.78 is 35.4. The number of morpholine rings is 1. The van der Waals surface area contributed by atoms with E-state index in [0.29, 0.717) is 41.1 Å². The summed E-state index contributed by atoms with van der Waals surface area (Å²) in [5, 5.41) is 9.86. The van der Waals surface area contributed by atoms with Gasteiger partial charge in [0.1, 0.15) is 0 Å². The topological polar surface area (TPSA) is 81.7 Å². The van der Waals surface area contributed by atoms with Gasteiger partial charge in [-0.2, -0.15) is 9.78 Å². The molecule has 11 heteroatoms. The van der Waals surface area contributed by atoms with Crippen LogP contribution in [0.3, 0.4) is 0 Å². The lowest BCUT2D eigenvalue weighted by Crippen LogP contribution is -2.37. The molecule has 0 saturated carbocycles. The van der Waals surface area contributed by atoms with Crippen LogP contribution in [0.2, 0.25) is 5.02 Å². The minimum atomic E-state index is -3.69. The van der Waals surface area contributed by atoms with E-state index >= 15 is 0 Å². The van der Waals surface area contributed by atoms with Crippen molar-refractivity contribution in [3.05, 3.63) is 94.2 Å². The highest BCUT2D eigenvalue weighted by Crippen LogP contribution is 2.26. The number of rotatable bonds is 7. The molecule has 5 rings (SSSR count). The summed E-state index contributed by atoms with van der Waals surface area (Å²) in [6, 6.07) is 22.4. The van der Waals surface area contributed by atoms with Crippen molar-refractivity contribution >= 4 is 39.9 Å². The molecule has 1 aromatic heterocycles. The normalized spacial score (nSPS) is 14.8. The quantitative estimate of drug-likeness (QED) is 0.243. The Balaban J connectivity index is 1.51. The molecule has 0 aliphatic carbocycles. The second-order valence-electron chi connectivity index (χ2n) is 8.43. The average Bonchev–Trinajstić information content (AvgIpc) is 3.23. The Morgan fingerprint density at radius 2 is 1.57 bits per heavy atom. The summed E-state index contributed by atoms with van der Waals surface area (Å²) in [7, 11) is -3.69. The second kappa shape index (κ2) is 11.1. The Labute approximate surface area is 225 Å². The van der Waals surface area contributed by atoms with E-state index in [2.05, 4.69) is 10.0 Å². The van der Waals surface area contributed by atoms with Gasteiger partial charge in [0.15, 0.2) is 5.82 Å². The van der Waals surface area contributed by atoms with Crippen LogP contribution in [0.5, 0.6) is 0 Å². The van der Waals surface area contributed by atoms with E-state index in [9.17, 15) is 8.42 Å². The fraction of sp³-hybridized carbons (Fsp3) is 0.192. The molecule has 1 aliphatic heterocycles. The molecule has 1 fully saturated rings. The molecular weight excluding hydrogens is 530 g/mol. The predicted octanol–water partition coefficient (Wildman–Crippen LogP) is 4.74. The molecule has 0 bridgehead atoms. The summed E-state index contributed by atoms with van der Waals surface area (Å²) in [6.07, 6.45) is 1.72. The van der Waals surface area contributed by atoms with Crippen LogP contribution >= 0.6 is 23.8 Å². The first-order valence-corrected chi connectivity index (χ1v) is 13.9. The van der Waals surface area contributed by atoms with Crippen molar-refractivity contribution in [1.82, 2.24) is 19.4 Å². The number of aromatic nitrogens is 3. The highest BCUT2D eigenvalue weighted by atomic mass is 35.5. The molecule has 37 heavy (non-hydrogen) atoms. The van der Waals surface area contributed by atoms with Crippen LogP contribution in [0.4, 0.5) is 0 Å². The molecule has 0 spiro atoms. The first-order valence-electron chi connectivity index (χ1n) is 11.6. The largest absolute Gasteiger partial charge is 0.379 e. The Morgan fingerprint density at radius 3 is 2.22 bits per heavy atom. The third-order valence-electron chi connectivity index (χ3n) is 5.92. The summed E-state index contributed by atoms with van der Waals surface area (Å²) in [5.41, 5.74) is 1.60. The van der Waals surface area contributed by atoms with Gasteiger partial charge in [0, 0.05) is 23.7 Å². The maximum absolute atomic E-state index is 13.1. The molecule has 3 aromatic carbocycles. The molecule has 1 saturated heterocycles. The fourth-order valence-electron chi connectivity index (χ4n) is 3.90. The van der Waals surface area contributed by atoms with Crippen molar-refractivity contribution in [2.45, 2.75) is 16.5 Å². The van der Waals surface area contributed by atoms with Gasteiger partial charge in [-0.1, -0.05) is 41.9 Å². The van der Waals surface area contributed by atoms with Crippen LogP contribution < -0.4 is 0 Å². The molecule has 0 atom stereocenters. The third-order valence-corrected chi connectivity index (χ3v) is 8.35. The zero-order valence-electron chi connectivity index (χ0n) is 19.8. The van der Waals surface area contributed by atoms with Crippen LogP contribution in [0, 0.1) is 4.77 Å². The van der Waals surface area contributed by atoms with Crippen molar-refractivity contribution in [3.63, 3.8) is 0 Å². The minimum absolute atomic E-state index is 0.171. The van der Waals surface area contributed by atoms with Crippen molar-refractivity contribution in [2.75, 3.05) is 26.3 Å². The molecular formula is C26H24ClN5O3S2. The molecule has 0 radical (unpaired) electrons. The SMILES string of the molecule is O=S(=O)(c1ccc(Cl)cc1)c1ccc(-c2nn(CN3CCOCC3)c(=S)n2/N=C/c2ccccc2)cc1. The van der Waals surface area contributed by atoms with Gasteiger partial charge in [0.05, 0.1) is 35.9 Å². The summed E-state index contributed by atoms with van der Waals surface area (Å²) in [6.45, 7) is 3.41. The standard InChI is InChI=1S/C26H24ClN5O3S2/c27-22-8-12-24(13-9-22)37(33,34)23-10-6-21(7-11-23)25-29-31(19-30-14-16-35-17-15-30)26(36)32(25)28-18-20-4-2-1-3-5-20/h1-13,18H,14-17,19H2/b28-18+. The fourth-order valence-corrected chi connectivity index (χ4v) is 5.52. The van der Waals surface area contributed by atoms with Gasteiger partial charge in [0.2, 0.25) is 14.6 Å². The molecule has 0 unspecified atom stereocenters. The minimum Gasteiger partial charge on any atom is -0.379 e. The lowest BCUT2D eigenvalue weighted by Gasteiger charge is -2.25. The molecule has 0 N–H and O–H groups in total. The average molecular weight is 554 g/mol. The Hall–Kier alpha value is -3.15. The number of halogens is 1.